The molecule has 3 N–H and O–H groups in total. The molecule has 0 rings (SSSR count). The molecule has 406 valence electrons. The highest BCUT2D eigenvalue weighted by molar-refractivity contribution is 7.47. The summed E-state index contributed by atoms with van der Waals surface area (Å²) in [4.78, 5) is 35.1. The molecule has 0 fully saturated rings. The van der Waals surface area contributed by atoms with E-state index in [1.807, 2.05) is 0 Å². The summed E-state index contributed by atoms with van der Waals surface area (Å²) in [5.74, 6) is -0.938. The van der Waals surface area contributed by atoms with Crippen molar-refractivity contribution >= 4 is 19.8 Å². The average Bonchev–Trinajstić information content (AvgIpc) is 3.38. The molecule has 0 aromatic carbocycles. The zero-order chi connectivity index (χ0) is 53.1. The van der Waals surface area contributed by atoms with Gasteiger partial charge in [-0.2, -0.15) is 0 Å². The highest BCUT2D eigenvalue weighted by atomic mass is 31.2. The molecular formula is C63H96NO8P. The van der Waals surface area contributed by atoms with Crippen LogP contribution in [0.3, 0.4) is 0 Å². The molecule has 10 heteroatoms. The Morgan fingerprint density at radius 3 is 1.05 bits per heavy atom. The average molecular weight is 1030 g/mol. The molecule has 2 unspecified atom stereocenters. The van der Waals surface area contributed by atoms with Gasteiger partial charge in [0.25, 0.3) is 0 Å². The lowest BCUT2D eigenvalue weighted by Gasteiger charge is -2.19. The first-order chi connectivity index (χ1) is 35.8. The van der Waals surface area contributed by atoms with Gasteiger partial charge in [0.05, 0.1) is 13.2 Å². The Balaban J connectivity index is 4.26. The number of hydrogen-bond donors (Lipinski definition) is 2. The summed E-state index contributed by atoms with van der Waals surface area (Å²) in [7, 11) is -4.42. The Morgan fingerprint density at radius 1 is 0.411 bits per heavy atom. The highest BCUT2D eigenvalue weighted by Crippen LogP contribution is 2.43. The zero-order valence-electron chi connectivity index (χ0n) is 45.0. The van der Waals surface area contributed by atoms with Gasteiger partial charge >= 0.3 is 19.8 Å². The molecule has 0 saturated carbocycles. The monoisotopic (exact) mass is 1030 g/mol. The molecule has 2 atom stereocenters. The maximum atomic E-state index is 12.7. The molecule has 0 bridgehead atoms. The van der Waals surface area contributed by atoms with Gasteiger partial charge in [-0.25, -0.2) is 4.57 Å². The maximum absolute atomic E-state index is 12.7. The SMILES string of the molecule is CC/C=C\C/C=C\C/C=C\C/C=C\C/C=C\C/C=C\C/C=C\C/C=C\CCCCC(=O)OC(COC(=O)CCCCC/C=C\C/C=C\C/C=C\C/C=C\C/C=C\C/C=C\C/C=C\CC)COP(=O)(O)OCCN. The minimum absolute atomic E-state index is 0.0293. The molecule has 0 aromatic heterocycles. The number of carbonyl (C=O) groups excluding carboxylic acids is 2. The van der Waals surface area contributed by atoms with Gasteiger partial charge in [0.15, 0.2) is 6.10 Å². The summed E-state index contributed by atoms with van der Waals surface area (Å²) in [5, 5.41) is 0. The Kier molecular flexibility index (Phi) is 52.6. The van der Waals surface area contributed by atoms with Crippen molar-refractivity contribution < 1.29 is 37.6 Å². The van der Waals surface area contributed by atoms with E-state index in [1.165, 1.54) is 0 Å². The first-order valence-corrected chi connectivity index (χ1v) is 28.8. The van der Waals surface area contributed by atoms with Crippen LogP contribution in [0.15, 0.2) is 182 Å². The van der Waals surface area contributed by atoms with Gasteiger partial charge < -0.3 is 20.1 Å². The number of carbonyl (C=O) groups is 2. The van der Waals surface area contributed by atoms with Crippen LogP contribution < -0.4 is 5.73 Å². The molecule has 0 aromatic rings. The molecule has 0 amide bonds. The minimum atomic E-state index is -4.42. The van der Waals surface area contributed by atoms with E-state index in [4.69, 9.17) is 24.3 Å². The van der Waals surface area contributed by atoms with Gasteiger partial charge in [0.2, 0.25) is 0 Å². The summed E-state index contributed by atoms with van der Waals surface area (Å²) in [5.41, 5.74) is 5.37. The fourth-order valence-corrected chi connectivity index (χ4v) is 7.10. The van der Waals surface area contributed by atoms with Crippen LogP contribution in [0, 0.1) is 0 Å². The smallest absolute Gasteiger partial charge is 0.462 e. The van der Waals surface area contributed by atoms with E-state index >= 15 is 0 Å². The normalized spacial score (nSPS) is 14.5. The molecule has 73 heavy (non-hydrogen) atoms. The number of ether oxygens (including phenoxy) is 2. The van der Waals surface area contributed by atoms with Crippen LogP contribution in [0.4, 0.5) is 0 Å². The third-order valence-corrected chi connectivity index (χ3v) is 11.3. The van der Waals surface area contributed by atoms with Crippen molar-refractivity contribution in [1.82, 2.24) is 0 Å². The van der Waals surface area contributed by atoms with Crippen molar-refractivity contribution in [2.24, 2.45) is 5.73 Å². The number of allylic oxidation sites excluding steroid dienone is 30. The number of esters is 2. The lowest BCUT2D eigenvalue weighted by molar-refractivity contribution is -0.161. The summed E-state index contributed by atoms with van der Waals surface area (Å²) in [6.45, 7) is 3.38. The molecule has 0 radical (unpaired) electrons. The van der Waals surface area contributed by atoms with Crippen LogP contribution in [0.5, 0.6) is 0 Å². The van der Waals surface area contributed by atoms with E-state index in [2.05, 4.69) is 196 Å². The maximum Gasteiger partial charge on any atom is 0.472 e. The van der Waals surface area contributed by atoms with Crippen molar-refractivity contribution in [1.29, 1.82) is 0 Å². The van der Waals surface area contributed by atoms with Gasteiger partial charge in [-0.1, -0.05) is 203 Å². The molecule has 0 saturated heterocycles. The van der Waals surface area contributed by atoms with E-state index in [1.54, 1.807) is 0 Å². The van der Waals surface area contributed by atoms with Crippen LogP contribution in [-0.2, 0) is 32.7 Å². The number of nitrogens with two attached hydrogens (primary N) is 1. The van der Waals surface area contributed by atoms with Crippen molar-refractivity contribution in [2.45, 2.75) is 174 Å². The number of hydrogen-bond acceptors (Lipinski definition) is 8. The number of rotatable bonds is 48. The van der Waals surface area contributed by atoms with Crippen molar-refractivity contribution in [3.8, 4) is 0 Å². The molecule has 0 heterocycles. The van der Waals surface area contributed by atoms with Crippen molar-refractivity contribution in [3.63, 3.8) is 0 Å². The van der Waals surface area contributed by atoms with E-state index in [-0.39, 0.29) is 32.6 Å². The fraction of sp³-hybridized carbons (Fsp3) is 0.492. The highest BCUT2D eigenvalue weighted by Gasteiger charge is 2.26. The number of phosphoric ester groups is 1. The number of phosphoric acid groups is 1. The fourth-order valence-electron chi connectivity index (χ4n) is 6.33. The van der Waals surface area contributed by atoms with E-state index in [0.717, 1.165) is 128 Å². The third-order valence-electron chi connectivity index (χ3n) is 10.3. The molecule has 0 spiro atoms. The van der Waals surface area contributed by atoms with Gasteiger partial charge in [0, 0.05) is 19.4 Å². The summed E-state index contributed by atoms with van der Waals surface area (Å²) < 4.78 is 32.9. The van der Waals surface area contributed by atoms with Crippen LogP contribution in [-0.4, -0.2) is 49.3 Å². The second kappa shape index (κ2) is 56.4. The topological polar surface area (TPSA) is 134 Å². The third kappa shape index (κ3) is 56.3. The van der Waals surface area contributed by atoms with E-state index in [0.29, 0.717) is 12.8 Å². The first kappa shape index (κ1) is 68.1. The first-order valence-electron chi connectivity index (χ1n) is 27.3. The van der Waals surface area contributed by atoms with Crippen LogP contribution in [0.25, 0.3) is 0 Å². The molecule has 9 nitrogen and oxygen atoms in total. The van der Waals surface area contributed by atoms with E-state index < -0.39 is 32.5 Å². The predicted molar refractivity (Wildman–Crippen MR) is 311 cm³/mol. The van der Waals surface area contributed by atoms with Crippen molar-refractivity contribution in [2.75, 3.05) is 26.4 Å². The molecule has 0 aliphatic rings. The number of unbranched alkanes of at least 4 members (excludes halogenated alkanes) is 5. The molecular weight excluding hydrogens is 930 g/mol. The predicted octanol–water partition coefficient (Wildman–Crippen LogP) is 17.3. The lowest BCUT2D eigenvalue weighted by atomic mass is 10.1. The van der Waals surface area contributed by atoms with E-state index in [9.17, 15) is 19.0 Å². The lowest BCUT2D eigenvalue weighted by Crippen LogP contribution is -2.29. The van der Waals surface area contributed by atoms with Crippen LogP contribution in [0.1, 0.15) is 168 Å². The summed E-state index contributed by atoms with van der Waals surface area (Å²) in [6.07, 6.45) is 85.1. The van der Waals surface area contributed by atoms with Crippen LogP contribution in [0.2, 0.25) is 0 Å². The molecule has 0 aliphatic carbocycles. The van der Waals surface area contributed by atoms with Gasteiger partial charge in [0.1, 0.15) is 6.61 Å². The van der Waals surface area contributed by atoms with Crippen LogP contribution >= 0.6 is 7.82 Å². The Bertz CT molecular complexity index is 1840. The second-order valence-electron chi connectivity index (χ2n) is 17.0. The zero-order valence-corrected chi connectivity index (χ0v) is 45.9. The van der Waals surface area contributed by atoms with Gasteiger partial charge in [-0.3, -0.25) is 18.6 Å². The van der Waals surface area contributed by atoms with Gasteiger partial charge in [-0.15, -0.1) is 0 Å². The second-order valence-corrected chi connectivity index (χ2v) is 18.4. The minimum Gasteiger partial charge on any atom is -0.462 e. The molecule has 0 aliphatic heterocycles. The standard InChI is InChI=1S/C63H96NO8P/c1-3-5-7-9-11-13-15-17-19-21-23-25-27-29-30-32-34-36-38-40-42-44-46-48-50-52-54-56-63(66)72-61(60-71-73(67,68)70-58-57-64)59-69-62(65)55-53-51-49-47-45-43-41-39-37-35-33-31-28-26-24-22-20-18-16-14-12-10-8-6-4-2/h5-8,11-14,17-20,23-26,29-31,33-34,36-37,39-40,42-43,45-46,48,61H,3-4,9-10,15-16,21-22,27-28,32,35,38,41,44,47,49-60,64H2,1-2H3,(H,67,68)/b7-5-,8-6-,13-11-,14-12-,19-17-,20-18-,25-23-,26-24-,30-29-,33-31-,36-34-,39-37-,42-40-,45-43-,48-46-. The Morgan fingerprint density at radius 2 is 0.712 bits per heavy atom. The summed E-state index contributed by atoms with van der Waals surface area (Å²) in [6, 6.07) is 0. The van der Waals surface area contributed by atoms with Gasteiger partial charge in [-0.05, 0) is 135 Å². The Labute approximate surface area is 443 Å². The largest absolute Gasteiger partial charge is 0.472 e. The van der Waals surface area contributed by atoms with Crippen molar-refractivity contribution in [3.05, 3.63) is 182 Å². The quantitative estimate of drug-likeness (QED) is 0.0264. The summed E-state index contributed by atoms with van der Waals surface area (Å²) >= 11 is 0. The Hall–Kier alpha value is -4.89.